The Hall–Kier alpha value is -3.59. The summed E-state index contributed by atoms with van der Waals surface area (Å²) in [6.07, 6.45) is 3.35. The van der Waals surface area contributed by atoms with Crippen LogP contribution in [0.25, 0.3) is 0 Å². The lowest BCUT2D eigenvalue weighted by Gasteiger charge is -2.13. The summed E-state index contributed by atoms with van der Waals surface area (Å²) in [7, 11) is -4.34. The summed E-state index contributed by atoms with van der Waals surface area (Å²) in [6.45, 7) is 2.63. The van der Waals surface area contributed by atoms with Gasteiger partial charge in [-0.25, -0.2) is 4.79 Å². The van der Waals surface area contributed by atoms with E-state index in [2.05, 4.69) is 10.3 Å². The van der Waals surface area contributed by atoms with Crippen LogP contribution in [-0.4, -0.2) is 37.6 Å². The number of rotatable bonds is 9. The van der Waals surface area contributed by atoms with Crippen LogP contribution in [0.4, 0.5) is 5.69 Å². The third-order valence-electron chi connectivity index (χ3n) is 4.00. The Kier molecular flexibility index (Phi) is 6.53. The molecule has 2 N–H and O–H groups in total. The lowest BCUT2D eigenvalue weighted by molar-refractivity contribution is 0.0692. The maximum atomic E-state index is 12.6. The van der Waals surface area contributed by atoms with Gasteiger partial charge in [-0.15, -0.1) is 0 Å². The van der Waals surface area contributed by atoms with E-state index in [1.165, 1.54) is 36.4 Å². The van der Waals surface area contributed by atoms with Crippen LogP contribution in [0, 0.1) is 6.92 Å². The van der Waals surface area contributed by atoms with Gasteiger partial charge in [-0.1, -0.05) is 12.1 Å². The van der Waals surface area contributed by atoms with Gasteiger partial charge in [-0.2, -0.15) is 8.42 Å². The van der Waals surface area contributed by atoms with Crippen molar-refractivity contribution >= 4 is 21.8 Å². The molecule has 0 fully saturated rings. The van der Waals surface area contributed by atoms with E-state index in [1.54, 1.807) is 25.4 Å². The van der Waals surface area contributed by atoms with Crippen molar-refractivity contribution in [3.05, 3.63) is 78.1 Å². The summed E-state index contributed by atoms with van der Waals surface area (Å²) < 4.78 is 36.1. The first-order valence-corrected chi connectivity index (χ1v) is 10.4. The van der Waals surface area contributed by atoms with Crippen LogP contribution >= 0.6 is 0 Å². The summed E-state index contributed by atoms with van der Waals surface area (Å²) in [4.78, 5) is 14.9. The highest BCUT2D eigenvalue weighted by Crippen LogP contribution is 2.27. The fourth-order valence-corrected chi connectivity index (χ4v) is 3.82. The molecule has 0 saturated carbocycles. The number of carboxylic acids is 1. The molecule has 0 bridgehead atoms. The molecule has 0 saturated heterocycles. The van der Waals surface area contributed by atoms with Crippen molar-refractivity contribution in [3.63, 3.8) is 0 Å². The van der Waals surface area contributed by atoms with Gasteiger partial charge in [0, 0.05) is 30.7 Å². The third kappa shape index (κ3) is 5.48. The van der Waals surface area contributed by atoms with Crippen LogP contribution in [0.1, 0.15) is 15.9 Å². The van der Waals surface area contributed by atoms with Crippen molar-refractivity contribution in [2.75, 3.05) is 18.5 Å². The minimum Gasteiger partial charge on any atom is -0.492 e. The van der Waals surface area contributed by atoms with Gasteiger partial charge < -0.3 is 19.3 Å². The third-order valence-corrected chi connectivity index (χ3v) is 5.30. The Bertz CT molecular complexity index is 1130. The molecule has 3 rings (SSSR count). The Morgan fingerprint density at radius 3 is 2.50 bits per heavy atom. The SMILES string of the molecule is Cc1cc(OCCNc2ccncc2)cc(OS(=O)(=O)c2ccccc2C(=O)O)c1. The second kappa shape index (κ2) is 9.27. The Balaban J connectivity index is 1.70. The summed E-state index contributed by atoms with van der Waals surface area (Å²) >= 11 is 0. The van der Waals surface area contributed by atoms with E-state index in [4.69, 9.17) is 8.92 Å². The lowest BCUT2D eigenvalue weighted by atomic mass is 10.2. The molecule has 0 aliphatic carbocycles. The van der Waals surface area contributed by atoms with Gasteiger partial charge in [0.2, 0.25) is 0 Å². The number of hydrogen-bond acceptors (Lipinski definition) is 7. The average Bonchev–Trinajstić information content (AvgIpc) is 2.71. The minimum absolute atomic E-state index is 0.0345. The maximum absolute atomic E-state index is 12.6. The van der Waals surface area contributed by atoms with E-state index in [0.29, 0.717) is 18.9 Å². The van der Waals surface area contributed by atoms with Crippen LogP contribution in [0.5, 0.6) is 11.5 Å². The van der Waals surface area contributed by atoms with Gasteiger partial charge in [0.1, 0.15) is 23.0 Å². The van der Waals surface area contributed by atoms with Gasteiger partial charge in [0.05, 0.1) is 5.56 Å². The Labute approximate surface area is 174 Å². The van der Waals surface area contributed by atoms with Gasteiger partial charge >= 0.3 is 16.1 Å². The fourth-order valence-electron chi connectivity index (χ4n) is 2.71. The van der Waals surface area contributed by atoms with Crippen LogP contribution in [0.2, 0.25) is 0 Å². The van der Waals surface area contributed by atoms with Crippen molar-refractivity contribution in [2.45, 2.75) is 11.8 Å². The molecular weight excluding hydrogens is 408 g/mol. The van der Waals surface area contributed by atoms with Crippen molar-refractivity contribution in [1.29, 1.82) is 0 Å². The molecular formula is C21H20N2O6S. The summed E-state index contributed by atoms with van der Waals surface area (Å²) in [5, 5.41) is 12.4. The largest absolute Gasteiger partial charge is 0.492 e. The topological polar surface area (TPSA) is 115 Å². The van der Waals surface area contributed by atoms with E-state index >= 15 is 0 Å². The molecule has 9 heteroatoms. The number of hydrogen-bond donors (Lipinski definition) is 2. The molecule has 0 aliphatic heterocycles. The summed E-state index contributed by atoms with van der Waals surface area (Å²) in [6, 6.07) is 13.7. The molecule has 0 unspecified atom stereocenters. The first kappa shape index (κ1) is 21.1. The highest BCUT2D eigenvalue weighted by molar-refractivity contribution is 7.87. The van der Waals surface area contributed by atoms with E-state index in [-0.39, 0.29) is 11.3 Å². The van der Waals surface area contributed by atoms with Gasteiger partial charge in [0.15, 0.2) is 0 Å². The highest BCUT2D eigenvalue weighted by atomic mass is 32.2. The normalized spacial score (nSPS) is 11.0. The number of carbonyl (C=O) groups is 1. The standard InChI is InChI=1S/C21H20N2O6S/c1-15-12-17(28-11-10-23-16-6-8-22-9-7-16)14-18(13-15)29-30(26,27)20-5-3-2-4-19(20)21(24)25/h2-9,12-14H,10-11H2,1H3,(H,22,23)(H,24,25). The second-order valence-corrected chi connectivity index (χ2v) is 7.85. The average molecular weight is 428 g/mol. The molecule has 156 valence electrons. The molecule has 0 amide bonds. The fraction of sp³-hybridized carbons (Fsp3) is 0.143. The number of aromatic nitrogens is 1. The molecule has 1 heterocycles. The van der Waals surface area contributed by atoms with Gasteiger partial charge in [-0.3, -0.25) is 4.98 Å². The predicted octanol–water partition coefficient (Wildman–Crippen LogP) is 3.35. The number of nitrogens with one attached hydrogen (secondary N) is 1. The zero-order valence-corrected chi connectivity index (χ0v) is 16.9. The summed E-state index contributed by atoms with van der Waals surface area (Å²) in [5.41, 5.74) is 1.28. The number of nitrogens with zero attached hydrogens (tertiary/aromatic N) is 1. The molecule has 1 aromatic heterocycles. The predicted molar refractivity (Wildman–Crippen MR) is 111 cm³/mol. The number of aromatic carboxylic acids is 1. The monoisotopic (exact) mass is 428 g/mol. The van der Waals surface area contributed by atoms with E-state index in [1.807, 2.05) is 12.1 Å². The smallest absolute Gasteiger partial charge is 0.340 e. The number of ether oxygens (including phenoxy) is 1. The molecule has 30 heavy (non-hydrogen) atoms. The first-order valence-electron chi connectivity index (χ1n) is 9.00. The van der Waals surface area contributed by atoms with E-state index in [0.717, 1.165) is 11.3 Å². The Morgan fingerprint density at radius 2 is 1.77 bits per heavy atom. The molecule has 8 nitrogen and oxygen atoms in total. The number of pyridine rings is 1. The molecule has 0 spiro atoms. The first-order chi connectivity index (χ1) is 14.3. The number of anilines is 1. The highest BCUT2D eigenvalue weighted by Gasteiger charge is 2.24. The van der Waals surface area contributed by atoms with Crippen LogP contribution in [-0.2, 0) is 10.1 Å². The van der Waals surface area contributed by atoms with E-state index < -0.39 is 21.0 Å². The van der Waals surface area contributed by atoms with Crippen molar-refractivity contribution in [2.24, 2.45) is 0 Å². The zero-order chi connectivity index (χ0) is 21.6. The summed E-state index contributed by atoms with van der Waals surface area (Å²) in [5.74, 6) is -0.886. The number of carboxylic acid groups (broad SMARTS) is 1. The second-order valence-electron chi connectivity index (χ2n) is 6.33. The molecule has 0 atom stereocenters. The maximum Gasteiger partial charge on any atom is 0.340 e. The lowest BCUT2D eigenvalue weighted by Crippen LogP contribution is -2.15. The van der Waals surface area contributed by atoms with E-state index in [9.17, 15) is 18.3 Å². The van der Waals surface area contributed by atoms with Crippen molar-refractivity contribution < 1.29 is 27.2 Å². The minimum atomic E-state index is -4.34. The van der Waals surface area contributed by atoms with Crippen LogP contribution < -0.4 is 14.2 Å². The number of aryl methyl sites for hydroxylation is 1. The molecule has 3 aromatic rings. The quantitative estimate of drug-likeness (QED) is 0.394. The van der Waals surface area contributed by atoms with Crippen LogP contribution in [0.3, 0.4) is 0 Å². The van der Waals surface area contributed by atoms with Crippen LogP contribution in [0.15, 0.2) is 71.9 Å². The zero-order valence-electron chi connectivity index (χ0n) is 16.1. The Morgan fingerprint density at radius 1 is 1.07 bits per heavy atom. The van der Waals surface area contributed by atoms with Crippen molar-refractivity contribution in [1.82, 2.24) is 4.98 Å². The molecule has 0 aliphatic rings. The van der Waals surface area contributed by atoms with Gasteiger partial charge in [0.25, 0.3) is 0 Å². The molecule has 0 radical (unpaired) electrons. The molecule has 2 aromatic carbocycles. The van der Waals surface area contributed by atoms with Crippen molar-refractivity contribution in [3.8, 4) is 11.5 Å². The number of benzene rings is 2. The van der Waals surface area contributed by atoms with Gasteiger partial charge in [-0.05, 0) is 48.9 Å².